The Hall–Kier alpha value is -0.900. The highest BCUT2D eigenvalue weighted by atomic mass is 16.2. The van der Waals surface area contributed by atoms with E-state index < -0.39 is 0 Å². The zero-order valence-electron chi connectivity index (χ0n) is 10.6. The lowest BCUT2D eigenvalue weighted by molar-refractivity contribution is 0.273. The summed E-state index contributed by atoms with van der Waals surface area (Å²) in [6, 6.07) is 11.1. The highest BCUT2D eigenvalue weighted by molar-refractivity contribution is 5.16. The minimum Gasteiger partial charge on any atom is -0.396 e. The highest BCUT2D eigenvalue weighted by Crippen LogP contribution is 2.04. The molecule has 2 unspecified atom stereocenters. The lowest BCUT2D eigenvalue weighted by atomic mass is 10.0. The van der Waals surface area contributed by atoms with Crippen LogP contribution >= 0.6 is 0 Å². The fourth-order valence-corrected chi connectivity index (χ4v) is 1.99. The maximum Gasteiger partial charge on any atom is 0.0431 e. The lowest BCUT2D eigenvalue weighted by Gasteiger charge is -2.22. The van der Waals surface area contributed by atoms with Gasteiger partial charge in [0, 0.05) is 25.2 Å². The Bertz CT molecular complexity index is 290. The SMILES string of the molecule is CC(CCCO)NC(CN)Cc1ccccc1. The van der Waals surface area contributed by atoms with Crippen molar-refractivity contribution in [3.05, 3.63) is 35.9 Å². The Balaban J connectivity index is 2.38. The number of nitrogens with one attached hydrogen (secondary N) is 1. The number of hydrogen-bond donors (Lipinski definition) is 3. The Kier molecular flexibility index (Phi) is 6.86. The third kappa shape index (κ3) is 5.82. The van der Waals surface area contributed by atoms with Gasteiger partial charge in [-0.15, -0.1) is 0 Å². The first-order valence-electron chi connectivity index (χ1n) is 6.37. The highest BCUT2D eigenvalue weighted by Gasteiger charge is 2.10. The van der Waals surface area contributed by atoms with E-state index in [2.05, 4.69) is 36.5 Å². The van der Waals surface area contributed by atoms with Crippen molar-refractivity contribution in [1.29, 1.82) is 0 Å². The largest absolute Gasteiger partial charge is 0.396 e. The van der Waals surface area contributed by atoms with Gasteiger partial charge in [0.15, 0.2) is 0 Å². The van der Waals surface area contributed by atoms with Crippen molar-refractivity contribution in [1.82, 2.24) is 5.32 Å². The molecular formula is C14H24N2O. The molecule has 0 saturated heterocycles. The Morgan fingerprint density at radius 1 is 1.29 bits per heavy atom. The fraction of sp³-hybridized carbons (Fsp3) is 0.571. The number of aliphatic hydroxyl groups excluding tert-OH is 1. The molecule has 0 spiro atoms. The molecule has 0 aliphatic rings. The first-order chi connectivity index (χ1) is 8.26. The van der Waals surface area contributed by atoms with Crippen LogP contribution in [0.15, 0.2) is 30.3 Å². The molecule has 1 aromatic rings. The maximum absolute atomic E-state index is 8.79. The molecule has 0 aromatic heterocycles. The van der Waals surface area contributed by atoms with Crippen molar-refractivity contribution in [2.45, 2.75) is 38.3 Å². The van der Waals surface area contributed by atoms with Gasteiger partial charge >= 0.3 is 0 Å². The molecule has 0 fully saturated rings. The third-order valence-corrected chi connectivity index (χ3v) is 2.92. The van der Waals surface area contributed by atoms with Crippen LogP contribution in [0.3, 0.4) is 0 Å². The topological polar surface area (TPSA) is 58.3 Å². The molecule has 1 aromatic carbocycles. The summed E-state index contributed by atoms with van der Waals surface area (Å²) >= 11 is 0. The molecule has 0 amide bonds. The molecule has 3 heteroatoms. The van der Waals surface area contributed by atoms with E-state index in [9.17, 15) is 0 Å². The maximum atomic E-state index is 8.79. The van der Waals surface area contributed by atoms with Gasteiger partial charge in [-0.3, -0.25) is 0 Å². The van der Waals surface area contributed by atoms with Gasteiger partial charge in [-0.2, -0.15) is 0 Å². The third-order valence-electron chi connectivity index (χ3n) is 2.92. The van der Waals surface area contributed by atoms with Gasteiger partial charge in [-0.1, -0.05) is 30.3 Å². The van der Waals surface area contributed by atoms with Gasteiger partial charge in [0.1, 0.15) is 0 Å². The van der Waals surface area contributed by atoms with E-state index >= 15 is 0 Å². The van der Waals surface area contributed by atoms with Crippen LogP contribution < -0.4 is 11.1 Å². The van der Waals surface area contributed by atoms with E-state index in [1.807, 2.05) is 6.07 Å². The van der Waals surface area contributed by atoms with Gasteiger partial charge in [0.05, 0.1) is 0 Å². The van der Waals surface area contributed by atoms with Gasteiger partial charge in [-0.05, 0) is 31.7 Å². The predicted octanol–water partition coefficient (Wildman–Crippen LogP) is 1.31. The second-order valence-electron chi connectivity index (χ2n) is 4.56. The summed E-state index contributed by atoms with van der Waals surface area (Å²) < 4.78 is 0. The van der Waals surface area contributed by atoms with Crippen molar-refractivity contribution in [2.24, 2.45) is 5.73 Å². The quantitative estimate of drug-likeness (QED) is 0.638. The molecule has 17 heavy (non-hydrogen) atoms. The summed E-state index contributed by atoms with van der Waals surface area (Å²) in [5.41, 5.74) is 7.10. The molecule has 0 saturated carbocycles. The molecule has 0 bridgehead atoms. The Morgan fingerprint density at radius 3 is 2.59 bits per heavy atom. The molecule has 3 nitrogen and oxygen atoms in total. The zero-order chi connectivity index (χ0) is 12.5. The van der Waals surface area contributed by atoms with Crippen molar-refractivity contribution >= 4 is 0 Å². The minimum atomic E-state index is 0.262. The first kappa shape index (κ1) is 14.2. The number of benzene rings is 1. The van der Waals surface area contributed by atoms with Crippen LogP contribution in [0.4, 0.5) is 0 Å². The van der Waals surface area contributed by atoms with Crippen molar-refractivity contribution in [3.63, 3.8) is 0 Å². The van der Waals surface area contributed by atoms with Crippen molar-refractivity contribution in [2.75, 3.05) is 13.2 Å². The van der Waals surface area contributed by atoms with Gasteiger partial charge in [-0.25, -0.2) is 0 Å². The molecule has 2 atom stereocenters. The van der Waals surface area contributed by atoms with Crippen LogP contribution in [-0.4, -0.2) is 30.3 Å². The van der Waals surface area contributed by atoms with E-state index in [4.69, 9.17) is 10.8 Å². The summed E-state index contributed by atoms with van der Waals surface area (Å²) in [5.74, 6) is 0. The summed E-state index contributed by atoms with van der Waals surface area (Å²) in [6.07, 6.45) is 2.79. The molecule has 0 heterocycles. The minimum absolute atomic E-state index is 0.262. The van der Waals surface area contributed by atoms with Gasteiger partial charge in [0.2, 0.25) is 0 Å². The summed E-state index contributed by atoms with van der Waals surface area (Å²) in [6.45, 7) is 3.04. The normalized spacial score (nSPS) is 14.5. The molecule has 1 rings (SSSR count). The van der Waals surface area contributed by atoms with Crippen LogP contribution in [-0.2, 0) is 6.42 Å². The van der Waals surface area contributed by atoms with Gasteiger partial charge in [0.25, 0.3) is 0 Å². The zero-order valence-corrected chi connectivity index (χ0v) is 10.6. The van der Waals surface area contributed by atoms with Crippen LogP contribution in [0.1, 0.15) is 25.3 Å². The van der Waals surface area contributed by atoms with Crippen LogP contribution in [0.2, 0.25) is 0 Å². The monoisotopic (exact) mass is 236 g/mol. The average Bonchev–Trinajstić information content (AvgIpc) is 2.36. The van der Waals surface area contributed by atoms with Crippen LogP contribution in [0, 0.1) is 0 Å². The first-order valence-corrected chi connectivity index (χ1v) is 6.37. The van der Waals surface area contributed by atoms with E-state index in [0.29, 0.717) is 18.6 Å². The van der Waals surface area contributed by atoms with E-state index in [0.717, 1.165) is 19.3 Å². The summed E-state index contributed by atoms with van der Waals surface area (Å²) in [5, 5.41) is 12.3. The second kappa shape index (κ2) is 8.23. The van der Waals surface area contributed by atoms with E-state index in [-0.39, 0.29) is 6.61 Å². The number of nitrogens with two attached hydrogens (primary N) is 1. The average molecular weight is 236 g/mol. The smallest absolute Gasteiger partial charge is 0.0431 e. The summed E-state index contributed by atoms with van der Waals surface area (Å²) in [7, 11) is 0. The van der Waals surface area contributed by atoms with Crippen molar-refractivity contribution < 1.29 is 5.11 Å². The molecule has 0 radical (unpaired) electrons. The molecule has 4 N–H and O–H groups in total. The number of aliphatic hydroxyl groups is 1. The predicted molar refractivity (Wildman–Crippen MR) is 71.9 cm³/mol. The summed E-state index contributed by atoms with van der Waals surface area (Å²) in [4.78, 5) is 0. The van der Waals surface area contributed by atoms with E-state index in [1.54, 1.807) is 0 Å². The Labute approximate surface area is 104 Å². The lowest BCUT2D eigenvalue weighted by Crippen LogP contribution is -2.43. The number of rotatable bonds is 8. The number of hydrogen-bond acceptors (Lipinski definition) is 3. The molecule has 96 valence electrons. The second-order valence-corrected chi connectivity index (χ2v) is 4.56. The van der Waals surface area contributed by atoms with Crippen molar-refractivity contribution in [3.8, 4) is 0 Å². The standard InChI is InChI=1S/C14H24N2O/c1-12(6-5-9-17)16-14(11-15)10-13-7-3-2-4-8-13/h2-4,7-8,12,14,16-17H,5-6,9-11,15H2,1H3. The molecule has 0 aliphatic carbocycles. The Morgan fingerprint density at radius 2 is 2.00 bits per heavy atom. The van der Waals surface area contributed by atoms with E-state index in [1.165, 1.54) is 5.56 Å². The fourth-order valence-electron chi connectivity index (χ4n) is 1.99. The van der Waals surface area contributed by atoms with Crippen LogP contribution in [0.25, 0.3) is 0 Å². The van der Waals surface area contributed by atoms with Crippen LogP contribution in [0.5, 0.6) is 0 Å². The molecule has 0 aliphatic heterocycles. The molecular weight excluding hydrogens is 212 g/mol. The van der Waals surface area contributed by atoms with Gasteiger partial charge < -0.3 is 16.2 Å².